The number of piperidine rings is 1. The number of methoxy groups -OCH3 is 1. The topological polar surface area (TPSA) is 50.7 Å². The molecule has 6 heteroatoms. The number of anilines is 1. The lowest BCUT2D eigenvalue weighted by Crippen LogP contribution is -2.45. The predicted molar refractivity (Wildman–Crippen MR) is 109 cm³/mol. The summed E-state index contributed by atoms with van der Waals surface area (Å²) in [6.45, 7) is 4.83. The highest BCUT2D eigenvalue weighted by Gasteiger charge is 2.35. The molecule has 0 unspecified atom stereocenters. The molecule has 1 aromatic heterocycles. The minimum absolute atomic E-state index is 0.549. The molecule has 0 N–H and O–H groups in total. The lowest BCUT2D eigenvalue weighted by molar-refractivity contribution is 0.142. The summed E-state index contributed by atoms with van der Waals surface area (Å²) < 4.78 is 11.5. The van der Waals surface area contributed by atoms with E-state index in [1.165, 1.54) is 18.4 Å². The van der Waals surface area contributed by atoms with Crippen LogP contribution in [0.5, 0.6) is 11.5 Å². The van der Waals surface area contributed by atoms with Crippen LogP contribution < -0.4 is 14.4 Å². The molecular formula is C22H26N4O2. The molecule has 4 aliphatic heterocycles. The van der Waals surface area contributed by atoms with Gasteiger partial charge in [0.2, 0.25) is 0 Å². The average molecular weight is 378 g/mol. The fraction of sp³-hybridized carbons (Fsp3) is 0.455. The minimum Gasteiger partial charge on any atom is -0.493 e. The summed E-state index contributed by atoms with van der Waals surface area (Å²) in [5.74, 6) is 3.35. The van der Waals surface area contributed by atoms with Crippen molar-refractivity contribution in [1.29, 1.82) is 0 Å². The zero-order valence-electron chi connectivity index (χ0n) is 16.3. The molecule has 0 amide bonds. The molecule has 0 saturated carbocycles. The van der Waals surface area contributed by atoms with Crippen LogP contribution in [0.3, 0.4) is 0 Å². The molecule has 3 fully saturated rings. The van der Waals surface area contributed by atoms with Crippen molar-refractivity contribution < 1.29 is 9.47 Å². The van der Waals surface area contributed by atoms with E-state index < -0.39 is 0 Å². The van der Waals surface area contributed by atoms with E-state index in [1.54, 1.807) is 19.5 Å². The van der Waals surface area contributed by atoms with Gasteiger partial charge in [0.1, 0.15) is 12.4 Å². The third kappa shape index (κ3) is 3.33. The van der Waals surface area contributed by atoms with Gasteiger partial charge in [0.25, 0.3) is 0 Å². The summed E-state index contributed by atoms with van der Waals surface area (Å²) in [5.41, 5.74) is 2.45. The van der Waals surface area contributed by atoms with Gasteiger partial charge in [0, 0.05) is 50.2 Å². The van der Waals surface area contributed by atoms with Crippen molar-refractivity contribution in [2.75, 3.05) is 44.8 Å². The van der Waals surface area contributed by atoms with E-state index in [1.807, 2.05) is 18.3 Å². The van der Waals surface area contributed by atoms with Crippen LogP contribution >= 0.6 is 0 Å². The summed E-state index contributed by atoms with van der Waals surface area (Å²) in [4.78, 5) is 13.8. The highest BCUT2D eigenvalue weighted by molar-refractivity contribution is 5.66. The lowest BCUT2D eigenvalue weighted by Gasteiger charge is -2.37. The second-order valence-corrected chi connectivity index (χ2v) is 7.97. The van der Waals surface area contributed by atoms with Gasteiger partial charge < -0.3 is 14.4 Å². The number of rotatable bonds is 4. The number of para-hydroxylation sites is 1. The van der Waals surface area contributed by atoms with Gasteiger partial charge in [-0.05, 0) is 36.5 Å². The van der Waals surface area contributed by atoms with E-state index in [0.29, 0.717) is 18.6 Å². The molecule has 2 aromatic rings. The normalized spacial score (nSPS) is 24.2. The molecule has 5 heterocycles. The van der Waals surface area contributed by atoms with Crippen molar-refractivity contribution in [2.24, 2.45) is 5.92 Å². The van der Waals surface area contributed by atoms with Gasteiger partial charge in [-0.25, -0.2) is 4.98 Å². The van der Waals surface area contributed by atoms with Crippen LogP contribution in [0, 0.1) is 5.92 Å². The Morgan fingerprint density at radius 2 is 2.14 bits per heavy atom. The molecule has 28 heavy (non-hydrogen) atoms. The monoisotopic (exact) mass is 378 g/mol. The van der Waals surface area contributed by atoms with E-state index in [2.05, 4.69) is 31.9 Å². The standard InChI is InChI=1S/C22H26N4O2/c1-27-20-4-2-3-18-9-17(15-28-22(18)20)13-25-11-16-5-6-19(25)14-26(12-16)21-10-23-7-8-24-21/h2-4,7-10,16,19H,5-6,11-15H2,1H3/t16-,19-/m1/s1. The summed E-state index contributed by atoms with van der Waals surface area (Å²) in [6, 6.07) is 6.62. The molecule has 0 aliphatic carbocycles. The van der Waals surface area contributed by atoms with Gasteiger partial charge in [-0.3, -0.25) is 9.88 Å². The Morgan fingerprint density at radius 3 is 3.00 bits per heavy atom. The van der Waals surface area contributed by atoms with Crippen LogP contribution in [0.1, 0.15) is 18.4 Å². The summed E-state index contributed by atoms with van der Waals surface area (Å²) in [5, 5.41) is 0. The quantitative estimate of drug-likeness (QED) is 0.815. The molecule has 6 rings (SSSR count). The van der Waals surface area contributed by atoms with Crippen LogP contribution in [-0.2, 0) is 0 Å². The van der Waals surface area contributed by atoms with Crippen LogP contribution in [0.2, 0.25) is 0 Å². The van der Waals surface area contributed by atoms with Crippen molar-refractivity contribution in [2.45, 2.75) is 18.9 Å². The Morgan fingerprint density at radius 1 is 1.18 bits per heavy atom. The van der Waals surface area contributed by atoms with Gasteiger partial charge in [-0.15, -0.1) is 0 Å². The van der Waals surface area contributed by atoms with Crippen LogP contribution in [0.4, 0.5) is 5.82 Å². The first-order chi connectivity index (χ1) is 13.8. The van der Waals surface area contributed by atoms with Gasteiger partial charge in [0.15, 0.2) is 11.5 Å². The maximum atomic E-state index is 6.05. The number of ether oxygens (including phenoxy) is 2. The maximum Gasteiger partial charge on any atom is 0.168 e. The van der Waals surface area contributed by atoms with E-state index in [9.17, 15) is 0 Å². The molecule has 2 bridgehead atoms. The summed E-state index contributed by atoms with van der Waals surface area (Å²) in [7, 11) is 1.69. The maximum absolute atomic E-state index is 6.05. The number of hydrogen-bond donors (Lipinski definition) is 0. The van der Waals surface area contributed by atoms with Gasteiger partial charge >= 0.3 is 0 Å². The van der Waals surface area contributed by atoms with E-state index in [-0.39, 0.29) is 0 Å². The summed E-state index contributed by atoms with van der Waals surface area (Å²) >= 11 is 0. The SMILES string of the molecule is COc1cccc2c1OCC(CN1C[C@H]3CC[C@@H]1CN(c1cnccn1)C3)=C2. The van der Waals surface area contributed by atoms with Crippen molar-refractivity contribution >= 4 is 11.9 Å². The lowest BCUT2D eigenvalue weighted by atomic mass is 9.94. The van der Waals surface area contributed by atoms with Crippen LogP contribution in [-0.4, -0.2) is 60.8 Å². The van der Waals surface area contributed by atoms with Gasteiger partial charge in [0.05, 0.1) is 13.3 Å². The molecule has 0 spiro atoms. The van der Waals surface area contributed by atoms with Crippen molar-refractivity contribution in [3.8, 4) is 11.5 Å². The van der Waals surface area contributed by atoms with Crippen molar-refractivity contribution in [3.63, 3.8) is 0 Å². The Bertz CT molecular complexity index is 870. The van der Waals surface area contributed by atoms with E-state index >= 15 is 0 Å². The fourth-order valence-electron chi connectivity index (χ4n) is 4.75. The number of fused-ring (bicyclic) bond motifs is 5. The zero-order valence-corrected chi connectivity index (χ0v) is 16.3. The zero-order chi connectivity index (χ0) is 18.9. The number of hydrogen-bond acceptors (Lipinski definition) is 6. The second-order valence-electron chi connectivity index (χ2n) is 7.97. The van der Waals surface area contributed by atoms with Gasteiger partial charge in [-0.1, -0.05) is 12.1 Å². The van der Waals surface area contributed by atoms with Crippen molar-refractivity contribution in [1.82, 2.24) is 14.9 Å². The third-order valence-corrected chi connectivity index (χ3v) is 6.10. The number of benzene rings is 1. The largest absolute Gasteiger partial charge is 0.493 e. The van der Waals surface area contributed by atoms with Crippen LogP contribution in [0.15, 0.2) is 42.4 Å². The molecular weight excluding hydrogens is 352 g/mol. The van der Waals surface area contributed by atoms with Gasteiger partial charge in [-0.2, -0.15) is 0 Å². The van der Waals surface area contributed by atoms with E-state index in [0.717, 1.165) is 49.1 Å². The van der Waals surface area contributed by atoms with Crippen molar-refractivity contribution in [3.05, 3.63) is 47.9 Å². The first-order valence-corrected chi connectivity index (χ1v) is 10.0. The highest BCUT2D eigenvalue weighted by atomic mass is 16.5. The summed E-state index contributed by atoms with van der Waals surface area (Å²) in [6.07, 6.45) is 10.2. The molecule has 0 radical (unpaired) electrons. The highest BCUT2D eigenvalue weighted by Crippen LogP contribution is 2.36. The molecule has 1 aromatic carbocycles. The fourth-order valence-corrected chi connectivity index (χ4v) is 4.75. The second kappa shape index (κ2) is 7.43. The average Bonchev–Trinajstić information content (AvgIpc) is 3.06. The molecule has 3 saturated heterocycles. The first-order valence-electron chi connectivity index (χ1n) is 10.0. The third-order valence-electron chi connectivity index (χ3n) is 6.10. The number of nitrogens with zero attached hydrogens (tertiary/aromatic N) is 4. The molecule has 146 valence electrons. The Hall–Kier alpha value is -2.60. The molecule has 2 atom stereocenters. The van der Waals surface area contributed by atoms with Crippen LogP contribution in [0.25, 0.3) is 6.08 Å². The predicted octanol–water partition coefficient (Wildman–Crippen LogP) is 2.86. The molecule has 6 nitrogen and oxygen atoms in total. The van der Waals surface area contributed by atoms with E-state index in [4.69, 9.17) is 9.47 Å². The first kappa shape index (κ1) is 17.5. The Labute approximate surface area is 165 Å². The molecule has 4 aliphatic rings. The Balaban J connectivity index is 1.33. The minimum atomic E-state index is 0.549. The number of aromatic nitrogens is 2. The Kier molecular flexibility index (Phi) is 4.64. The smallest absolute Gasteiger partial charge is 0.168 e.